The molecule has 0 spiro atoms. The first-order valence-corrected chi connectivity index (χ1v) is 7.06. The van der Waals surface area contributed by atoms with E-state index in [0.29, 0.717) is 12.5 Å². The van der Waals surface area contributed by atoms with Crippen molar-refractivity contribution in [3.63, 3.8) is 0 Å². The van der Waals surface area contributed by atoms with E-state index in [2.05, 4.69) is 20.2 Å². The molecule has 6 heteroatoms. The molecule has 110 valence electrons. The molecule has 3 N–H and O–H groups in total. The highest BCUT2D eigenvalue weighted by Gasteiger charge is 2.17. The lowest BCUT2D eigenvalue weighted by Crippen LogP contribution is -2.37. The van der Waals surface area contributed by atoms with E-state index in [1.807, 2.05) is 30.3 Å². The molecule has 1 aromatic carbocycles. The second-order valence-electron chi connectivity index (χ2n) is 4.90. The minimum Gasteiger partial charge on any atom is -0.381 e. The number of rotatable bonds is 4. The van der Waals surface area contributed by atoms with E-state index in [9.17, 15) is 0 Å². The molecule has 0 radical (unpaired) electrons. The van der Waals surface area contributed by atoms with E-state index < -0.39 is 0 Å². The van der Waals surface area contributed by atoms with Gasteiger partial charge in [0.15, 0.2) is 0 Å². The Morgan fingerprint density at radius 2 is 1.95 bits per heavy atom. The van der Waals surface area contributed by atoms with Crippen molar-refractivity contribution in [1.82, 2.24) is 9.97 Å². The normalized spacial score (nSPS) is 15.0. The number of morpholine rings is 1. The van der Waals surface area contributed by atoms with Crippen molar-refractivity contribution in [2.24, 2.45) is 0 Å². The highest BCUT2D eigenvalue weighted by Crippen LogP contribution is 2.20. The molecule has 0 saturated carbocycles. The summed E-state index contributed by atoms with van der Waals surface area (Å²) in [6.07, 6.45) is 1.79. The fourth-order valence-corrected chi connectivity index (χ4v) is 2.34. The predicted molar refractivity (Wildman–Crippen MR) is 83.2 cm³/mol. The Bertz CT molecular complexity index is 584. The lowest BCUT2D eigenvalue weighted by atomic mass is 10.2. The second kappa shape index (κ2) is 6.41. The van der Waals surface area contributed by atoms with Gasteiger partial charge in [0, 0.05) is 37.1 Å². The monoisotopic (exact) mass is 285 g/mol. The van der Waals surface area contributed by atoms with Crippen LogP contribution in [0.4, 0.5) is 17.5 Å². The van der Waals surface area contributed by atoms with Gasteiger partial charge in [-0.25, -0.2) is 4.98 Å². The van der Waals surface area contributed by atoms with Gasteiger partial charge in [-0.1, -0.05) is 18.2 Å². The van der Waals surface area contributed by atoms with Gasteiger partial charge in [-0.15, -0.1) is 0 Å². The standard InChI is InChI=1S/C15H19N5O/c16-15-18-11-12(10-17-13-4-2-1-3-5-13)14(19-15)20-6-8-21-9-7-20/h1-5,11,17H,6-10H2,(H2,16,18,19). The Morgan fingerprint density at radius 1 is 1.19 bits per heavy atom. The number of anilines is 3. The fourth-order valence-electron chi connectivity index (χ4n) is 2.34. The third kappa shape index (κ3) is 3.41. The maximum atomic E-state index is 5.74. The number of nitrogens with two attached hydrogens (primary N) is 1. The summed E-state index contributed by atoms with van der Waals surface area (Å²) < 4.78 is 5.39. The van der Waals surface area contributed by atoms with Gasteiger partial charge in [-0.2, -0.15) is 4.98 Å². The number of hydrogen-bond acceptors (Lipinski definition) is 6. The van der Waals surface area contributed by atoms with Gasteiger partial charge in [0.2, 0.25) is 5.95 Å². The molecule has 21 heavy (non-hydrogen) atoms. The largest absolute Gasteiger partial charge is 0.381 e. The third-order valence-corrected chi connectivity index (χ3v) is 3.43. The predicted octanol–water partition coefficient (Wildman–Crippen LogP) is 1.51. The molecule has 0 atom stereocenters. The van der Waals surface area contributed by atoms with Gasteiger partial charge in [0.05, 0.1) is 13.2 Å². The Balaban J connectivity index is 1.77. The zero-order valence-corrected chi connectivity index (χ0v) is 11.8. The minimum absolute atomic E-state index is 0.306. The van der Waals surface area contributed by atoms with Crippen LogP contribution in [0.3, 0.4) is 0 Å². The summed E-state index contributed by atoms with van der Waals surface area (Å²) in [5.74, 6) is 1.20. The van der Waals surface area contributed by atoms with Crippen molar-refractivity contribution in [2.75, 3.05) is 42.3 Å². The van der Waals surface area contributed by atoms with Crippen molar-refractivity contribution in [3.05, 3.63) is 42.1 Å². The van der Waals surface area contributed by atoms with Crippen LogP contribution in [0.2, 0.25) is 0 Å². The van der Waals surface area contributed by atoms with Crippen LogP contribution in [0, 0.1) is 0 Å². The molecule has 1 aliphatic heterocycles. The first-order chi connectivity index (χ1) is 10.3. The number of nitrogens with zero attached hydrogens (tertiary/aromatic N) is 3. The highest BCUT2D eigenvalue weighted by atomic mass is 16.5. The van der Waals surface area contributed by atoms with E-state index in [1.54, 1.807) is 6.20 Å². The molecule has 3 rings (SSSR count). The zero-order valence-electron chi connectivity index (χ0n) is 11.8. The summed E-state index contributed by atoms with van der Waals surface area (Å²) in [4.78, 5) is 10.7. The summed E-state index contributed by atoms with van der Waals surface area (Å²) in [6, 6.07) is 10.1. The van der Waals surface area contributed by atoms with Crippen LogP contribution in [-0.4, -0.2) is 36.3 Å². The zero-order chi connectivity index (χ0) is 14.5. The molecule has 0 bridgehead atoms. The SMILES string of the molecule is Nc1ncc(CNc2ccccc2)c(N2CCOCC2)n1. The molecule has 0 amide bonds. The number of nitrogens with one attached hydrogen (secondary N) is 1. The van der Waals surface area contributed by atoms with E-state index >= 15 is 0 Å². The lowest BCUT2D eigenvalue weighted by Gasteiger charge is -2.29. The molecule has 1 saturated heterocycles. The molecule has 0 aliphatic carbocycles. The minimum atomic E-state index is 0.306. The van der Waals surface area contributed by atoms with Crippen molar-refractivity contribution < 1.29 is 4.74 Å². The molecule has 2 aromatic rings. The van der Waals surface area contributed by atoms with Crippen molar-refractivity contribution in [2.45, 2.75) is 6.54 Å². The van der Waals surface area contributed by atoms with Crippen molar-refractivity contribution in [1.29, 1.82) is 0 Å². The van der Waals surface area contributed by atoms with Crippen LogP contribution < -0.4 is 16.0 Å². The van der Waals surface area contributed by atoms with Crippen LogP contribution in [0.5, 0.6) is 0 Å². The molecule has 1 aromatic heterocycles. The molecule has 0 unspecified atom stereocenters. The molecule has 1 aliphatic rings. The first-order valence-electron chi connectivity index (χ1n) is 7.06. The molecular weight excluding hydrogens is 266 g/mol. The molecule has 1 fully saturated rings. The van der Waals surface area contributed by atoms with E-state index in [1.165, 1.54) is 0 Å². The number of aromatic nitrogens is 2. The Hall–Kier alpha value is -2.34. The smallest absolute Gasteiger partial charge is 0.221 e. The second-order valence-corrected chi connectivity index (χ2v) is 4.90. The van der Waals surface area contributed by atoms with E-state index in [0.717, 1.165) is 43.4 Å². The molecule has 2 heterocycles. The Labute approximate surface area is 124 Å². The fraction of sp³-hybridized carbons (Fsp3) is 0.333. The van der Waals surface area contributed by atoms with Crippen LogP contribution in [0.1, 0.15) is 5.56 Å². The van der Waals surface area contributed by atoms with Crippen LogP contribution >= 0.6 is 0 Å². The Kier molecular flexibility index (Phi) is 4.16. The number of benzene rings is 1. The first kappa shape index (κ1) is 13.6. The topological polar surface area (TPSA) is 76.3 Å². The van der Waals surface area contributed by atoms with E-state index in [4.69, 9.17) is 10.5 Å². The van der Waals surface area contributed by atoms with Gasteiger partial charge in [0.1, 0.15) is 5.82 Å². The number of hydrogen-bond donors (Lipinski definition) is 2. The quantitative estimate of drug-likeness (QED) is 0.886. The van der Waals surface area contributed by atoms with Gasteiger partial charge < -0.3 is 20.7 Å². The third-order valence-electron chi connectivity index (χ3n) is 3.43. The van der Waals surface area contributed by atoms with Crippen LogP contribution in [0.15, 0.2) is 36.5 Å². The lowest BCUT2D eigenvalue weighted by molar-refractivity contribution is 0.122. The van der Waals surface area contributed by atoms with Crippen LogP contribution in [0.25, 0.3) is 0 Å². The maximum absolute atomic E-state index is 5.74. The maximum Gasteiger partial charge on any atom is 0.221 e. The summed E-state index contributed by atoms with van der Waals surface area (Å²) in [5.41, 5.74) is 7.85. The molecule has 6 nitrogen and oxygen atoms in total. The highest BCUT2D eigenvalue weighted by molar-refractivity contribution is 5.51. The van der Waals surface area contributed by atoms with Gasteiger partial charge in [-0.3, -0.25) is 0 Å². The summed E-state index contributed by atoms with van der Waals surface area (Å²) in [5, 5.41) is 3.38. The van der Waals surface area contributed by atoms with Crippen molar-refractivity contribution in [3.8, 4) is 0 Å². The van der Waals surface area contributed by atoms with Gasteiger partial charge in [-0.05, 0) is 12.1 Å². The summed E-state index contributed by atoms with van der Waals surface area (Å²) in [7, 11) is 0. The van der Waals surface area contributed by atoms with Gasteiger partial charge in [0.25, 0.3) is 0 Å². The summed E-state index contributed by atoms with van der Waals surface area (Å²) in [6.45, 7) is 3.76. The van der Waals surface area contributed by atoms with E-state index in [-0.39, 0.29) is 0 Å². The summed E-state index contributed by atoms with van der Waals surface area (Å²) >= 11 is 0. The Morgan fingerprint density at radius 3 is 2.71 bits per heavy atom. The number of ether oxygens (including phenoxy) is 1. The number of nitrogen functional groups attached to an aromatic ring is 1. The molecular formula is C15H19N5O. The average molecular weight is 285 g/mol. The number of para-hydroxylation sites is 1. The van der Waals surface area contributed by atoms with Crippen molar-refractivity contribution >= 4 is 17.5 Å². The van der Waals surface area contributed by atoms with Gasteiger partial charge >= 0.3 is 0 Å². The van der Waals surface area contributed by atoms with Crippen LogP contribution in [-0.2, 0) is 11.3 Å². The average Bonchev–Trinajstić information content (AvgIpc) is 2.55.